The van der Waals surface area contributed by atoms with E-state index in [1.807, 2.05) is 27.7 Å². The van der Waals surface area contributed by atoms with Gasteiger partial charge < -0.3 is 15.4 Å². The molecule has 6 nitrogen and oxygen atoms in total. The largest absolute Gasteiger partial charge is 0.376 e. The van der Waals surface area contributed by atoms with Crippen molar-refractivity contribution in [1.29, 1.82) is 0 Å². The van der Waals surface area contributed by atoms with Crippen LogP contribution < -0.4 is 10.6 Å². The van der Waals surface area contributed by atoms with E-state index in [0.29, 0.717) is 30.4 Å². The fourth-order valence-corrected chi connectivity index (χ4v) is 4.76. The van der Waals surface area contributed by atoms with Crippen molar-refractivity contribution in [2.24, 2.45) is 0 Å². The summed E-state index contributed by atoms with van der Waals surface area (Å²) in [5.41, 5.74) is 2.59. The van der Waals surface area contributed by atoms with Crippen molar-refractivity contribution in [3.63, 3.8) is 0 Å². The summed E-state index contributed by atoms with van der Waals surface area (Å²) in [5.74, 6) is 0. The lowest BCUT2D eigenvalue weighted by Crippen LogP contribution is -2.35. The zero-order valence-corrected chi connectivity index (χ0v) is 17.6. The fraction of sp³-hybridized carbons (Fsp3) is 0.611. The number of nitrogens with one attached hydrogen (secondary N) is 2. The molecule has 1 aliphatic rings. The average molecular weight is 400 g/mol. The highest BCUT2D eigenvalue weighted by Crippen LogP contribution is 2.26. The second-order valence-corrected chi connectivity index (χ2v) is 8.82. The van der Waals surface area contributed by atoms with E-state index in [-0.39, 0.29) is 11.0 Å². The van der Waals surface area contributed by atoms with E-state index in [2.05, 4.69) is 10.6 Å². The summed E-state index contributed by atoms with van der Waals surface area (Å²) in [6, 6.07) is 3.38. The Kier molecular flexibility index (Phi) is 7.40. The highest BCUT2D eigenvalue weighted by molar-refractivity contribution is 7.89. The van der Waals surface area contributed by atoms with Gasteiger partial charge in [-0.3, -0.25) is 0 Å². The number of aryl methyl sites for hydroxylation is 1. The maximum atomic E-state index is 12.8. The first-order valence-corrected chi connectivity index (χ1v) is 10.9. The number of anilines is 1. The van der Waals surface area contributed by atoms with Crippen LogP contribution in [0.1, 0.15) is 37.8 Å². The normalized spacial score (nSPS) is 17.5. The molecule has 26 heavy (non-hydrogen) atoms. The minimum absolute atomic E-state index is 0.187. The minimum atomic E-state index is -3.51. The molecule has 0 bridgehead atoms. The summed E-state index contributed by atoms with van der Waals surface area (Å²) in [6.07, 6.45) is 2.30. The molecule has 2 rings (SSSR count). The van der Waals surface area contributed by atoms with Crippen LogP contribution in [0.5, 0.6) is 0 Å². The van der Waals surface area contributed by atoms with Crippen molar-refractivity contribution in [1.82, 2.24) is 9.62 Å². The Morgan fingerprint density at radius 2 is 2.00 bits per heavy atom. The Bertz CT molecular complexity index is 740. The molecule has 0 radical (unpaired) electrons. The van der Waals surface area contributed by atoms with Gasteiger partial charge in [-0.1, -0.05) is 13.8 Å². The number of thiocarbonyl (C=S) groups is 1. The first-order valence-electron chi connectivity index (χ1n) is 9.07. The number of ether oxygens (including phenoxy) is 1. The lowest BCUT2D eigenvalue weighted by molar-refractivity contribution is 0.114. The summed E-state index contributed by atoms with van der Waals surface area (Å²) in [6.45, 7) is 9.87. The molecule has 1 heterocycles. The monoisotopic (exact) mass is 399 g/mol. The van der Waals surface area contributed by atoms with Crippen LogP contribution in [0.4, 0.5) is 5.69 Å². The summed E-state index contributed by atoms with van der Waals surface area (Å²) in [5, 5.41) is 6.78. The first-order chi connectivity index (χ1) is 12.3. The van der Waals surface area contributed by atoms with Crippen LogP contribution in [-0.4, -0.2) is 50.2 Å². The van der Waals surface area contributed by atoms with E-state index in [9.17, 15) is 8.42 Å². The van der Waals surface area contributed by atoms with Crippen molar-refractivity contribution in [3.8, 4) is 0 Å². The van der Waals surface area contributed by atoms with Crippen LogP contribution in [0.3, 0.4) is 0 Å². The smallest absolute Gasteiger partial charge is 0.243 e. The highest BCUT2D eigenvalue weighted by Gasteiger charge is 2.23. The zero-order valence-electron chi connectivity index (χ0n) is 16.0. The predicted molar refractivity (Wildman–Crippen MR) is 109 cm³/mol. The summed E-state index contributed by atoms with van der Waals surface area (Å²) in [4.78, 5) is 0.286. The van der Waals surface area contributed by atoms with Gasteiger partial charge in [-0.15, -0.1) is 0 Å². The molecule has 1 aromatic carbocycles. The van der Waals surface area contributed by atoms with Gasteiger partial charge >= 0.3 is 0 Å². The lowest BCUT2D eigenvalue weighted by atomic mass is 10.1. The van der Waals surface area contributed by atoms with Gasteiger partial charge in [-0.2, -0.15) is 4.31 Å². The Labute approximate surface area is 162 Å². The van der Waals surface area contributed by atoms with Crippen LogP contribution >= 0.6 is 12.2 Å². The van der Waals surface area contributed by atoms with Gasteiger partial charge in [0.15, 0.2) is 5.11 Å². The van der Waals surface area contributed by atoms with E-state index >= 15 is 0 Å². The van der Waals surface area contributed by atoms with Gasteiger partial charge in [-0.05, 0) is 62.2 Å². The molecule has 0 spiro atoms. The molecule has 1 atom stereocenters. The van der Waals surface area contributed by atoms with E-state index in [1.54, 1.807) is 12.1 Å². The first kappa shape index (κ1) is 21.1. The molecule has 0 saturated carbocycles. The van der Waals surface area contributed by atoms with Crippen molar-refractivity contribution in [2.45, 2.75) is 51.5 Å². The SMILES string of the molecule is CCN(CC)S(=O)(=O)c1cc(C)c(C)c(NC(=S)NC[C@H]2CCCO2)c1. The van der Waals surface area contributed by atoms with Gasteiger partial charge in [0.25, 0.3) is 0 Å². The second kappa shape index (κ2) is 9.12. The van der Waals surface area contributed by atoms with Crippen molar-refractivity contribution < 1.29 is 13.2 Å². The third kappa shape index (κ3) is 4.94. The number of hydrogen-bond acceptors (Lipinski definition) is 4. The molecular weight excluding hydrogens is 370 g/mol. The second-order valence-electron chi connectivity index (χ2n) is 6.47. The molecule has 8 heteroatoms. The summed E-state index contributed by atoms with van der Waals surface area (Å²) >= 11 is 5.37. The van der Waals surface area contributed by atoms with Gasteiger partial charge in [0.1, 0.15) is 0 Å². The number of sulfonamides is 1. The molecule has 2 N–H and O–H groups in total. The molecule has 146 valence electrons. The van der Waals surface area contributed by atoms with E-state index < -0.39 is 10.0 Å². The van der Waals surface area contributed by atoms with Gasteiger partial charge in [0.2, 0.25) is 10.0 Å². The lowest BCUT2D eigenvalue weighted by Gasteiger charge is -2.21. The molecule has 1 saturated heterocycles. The Hall–Kier alpha value is -1.22. The molecule has 0 aliphatic carbocycles. The molecular formula is C18H29N3O3S2. The maximum Gasteiger partial charge on any atom is 0.243 e. The Morgan fingerprint density at radius 3 is 2.58 bits per heavy atom. The number of nitrogens with zero attached hydrogens (tertiary/aromatic N) is 1. The number of rotatable bonds is 7. The van der Waals surface area contributed by atoms with E-state index in [1.165, 1.54) is 4.31 Å². The molecule has 1 aliphatic heterocycles. The van der Waals surface area contributed by atoms with Crippen molar-refractivity contribution in [3.05, 3.63) is 23.3 Å². The summed E-state index contributed by atoms with van der Waals surface area (Å²) < 4.78 is 32.7. The van der Waals surface area contributed by atoms with Crippen LogP contribution in [0.2, 0.25) is 0 Å². The predicted octanol–water partition coefficient (Wildman–Crippen LogP) is 2.80. The highest BCUT2D eigenvalue weighted by atomic mass is 32.2. The molecule has 0 aromatic heterocycles. The quantitative estimate of drug-likeness (QED) is 0.687. The zero-order chi connectivity index (χ0) is 19.3. The number of hydrogen-bond donors (Lipinski definition) is 2. The van der Waals surface area contributed by atoms with Gasteiger partial charge in [-0.25, -0.2) is 8.42 Å². The van der Waals surface area contributed by atoms with Crippen LogP contribution in [0.15, 0.2) is 17.0 Å². The number of benzene rings is 1. The van der Waals surface area contributed by atoms with Crippen LogP contribution in [0, 0.1) is 13.8 Å². The van der Waals surface area contributed by atoms with Crippen molar-refractivity contribution >= 4 is 33.0 Å². The van der Waals surface area contributed by atoms with Crippen molar-refractivity contribution in [2.75, 3.05) is 31.6 Å². The molecule has 0 unspecified atom stereocenters. The van der Waals surface area contributed by atoms with E-state index in [0.717, 1.165) is 30.6 Å². The van der Waals surface area contributed by atoms with Crippen LogP contribution in [-0.2, 0) is 14.8 Å². The Balaban J connectivity index is 2.17. The topological polar surface area (TPSA) is 70.7 Å². The molecule has 1 aromatic rings. The summed E-state index contributed by atoms with van der Waals surface area (Å²) in [7, 11) is -3.51. The maximum absolute atomic E-state index is 12.8. The van der Waals surface area contributed by atoms with Crippen LogP contribution in [0.25, 0.3) is 0 Å². The Morgan fingerprint density at radius 1 is 1.31 bits per heavy atom. The standard InChI is InChI=1S/C18H29N3O3S2/c1-5-21(6-2)26(22,23)16-10-13(3)14(4)17(11-16)20-18(25)19-12-15-8-7-9-24-15/h10-11,15H,5-9,12H2,1-4H3,(H2,19,20,25)/t15-/m1/s1. The van der Waals surface area contributed by atoms with Gasteiger partial charge in [0, 0.05) is 31.9 Å². The fourth-order valence-electron chi connectivity index (χ4n) is 3.00. The van der Waals surface area contributed by atoms with Gasteiger partial charge in [0.05, 0.1) is 11.0 Å². The molecule has 1 fully saturated rings. The average Bonchev–Trinajstić information content (AvgIpc) is 3.11. The molecule has 0 amide bonds. The third-order valence-electron chi connectivity index (χ3n) is 4.75. The van der Waals surface area contributed by atoms with E-state index in [4.69, 9.17) is 17.0 Å². The minimum Gasteiger partial charge on any atom is -0.376 e. The third-order valence-corrected chi connectivity index (χ3v) is 7.02.